The van der Waals surface area contributed by atoms with Crippen molar-refractivity contribution < 1.29 is 14.4 Å². The molecule has 0 saturated carbocycles. The van der Waals surface area contributed by atoms with Gasteiger partial charge in [-0.1, -0.05) is 11.6 Å². The van der Waals surface area contributed by atoms with E-state index in [-0.39, 0.29) is 12.6 Å². The average molecular weight is 285 g/mol. The molecule has 4 amide bonds. The highest BCUT2D eigenvalue weighted by molar-refractivity contribution is 6.44. The monoisotopic (exact) mass is 284 g/mol. The van der Waals surface area contributed by atoms with Gasteiger partial charge in [-0.2, -0.15) is 0 Å². The van der Waals surface area contributed by atoms with Gasteiger partial charge in [-0.15, -0.1) is 0 Å². The van der Waals surface area contributed by atoms with E-state index in [0.717, 1.165) is 9.80 Å². The van der Waals surface area contributed by atoms with Crippen molar-refractivity contribution in [3.05, 3.63) is 17.2 Å². The van der Waals surface area contributed by atoms with Gasteiger partial charge in [-0.25, -0.2) is 14.7 Å². The molecular weight excluding hydrogens is 272 g/mol. The van der Waals surface area contributed by atoms with Crippen LogP contribution in [0.15, 0.2) is 6.20 Å². The van der Waals surface area contributed by atoms with Crippen molar-refractivity contribution in [2.24, 2.45) is 7.05 Å². The summed E-state index contributed by atoms with van der Waals surface area (Å²) in [6.07, 6.45) is 1.42. The van der Waals surface area contributed by atoms with Crippen LogP contribution in [-0.4, -0.2) is 43.2 Å². The highest BCUT2D eigenvalue weighted by Gasteiger charge is 2.45. The molecule has 1 fully saturated rings. The summed E-state index contributed by atoms with van der Waals surface area (Å²) in [6, 6.07) is -0.983. The second-order valence-corrected chi connectivity index (χ2v) is 4.89. The molecule has 0 spiro atoms. The quantitative estimate of drug-likeness (QED) is 0.607. The summed E-state index contributed by atoms with van der Waals surface area (Å²) in [7, 11) is 1.66. The Hall–Kier alpha value is -1.89. The highest BCUT2D eigenvalue weighted by Crippen LogP contribution is 2.19. The number of nitrogens with zero attached hydrogens (tertiary/aromatic N) is 4. The molecular formula is C11H13ClN4O3. The van der Waals surface area contributed by atoms with Crippen molar-refractivity contribution >= 4 is 29.4 Å². The van der Waals surface area contributed by atoms with Crippen LogP contribution in [0.3, 0.4) is 0 Å². The van der Waals surface area contributed by atoms with E-state index < -0.39 is 17.8 Å². The van der Waals surface area contributed by atoms with Gasteiger partial charge in [0.2, 0.25) is 0 Å². The molecule has 1 saturated heterocycles. The molecule has 0 aliphatic carbocycles. The molecule has 0 N–H and O–H groups in total. The van der Waals surface area contributed by atoms with E-state index in [1.165, 1.54) is 6.20 Å². The van der Waals surface area contributed by atoms with Gasteiger partial charge in [-0.05, 0) is 13.8 Å². The molecule has 1 aliphatic rings. The smallest absolute Gasteiger partial charge is 0.321 e. The Bertz CT molecular complexity index is 566. The number of aromatic nitrogens is 2. The molecule has 0 aromatic carbocycles. The molecule has 1 aromatic rings. The maximum atomic E-state index is 12.0. The summed E-state index contributed by atoms with van der Waals surface area (Å²) >= 11 is 5.83. The number of hydrogen-bond acceptors (Lipinski definition) is 4. The third-order valence-electron chi connectivity index (χ3n) is 2.93. The highest BCUT2D eigenvalue weighted by atomic mass is 35.5. The van der Waals surface area contributed by atoms with E-state index in [0.29, 0.717) is 11.0 Å². The van der Waals surface area contributed by atoms with Gasteiger partial charge in [0.1, 0.15) is 11.0 Å². The molecule has 2 heterocycles. The van der Waals surface area contributed by atoms with Crippen molar-refractivity contribution in [2.45, 2.75) is 26.4 Å². The molecule has 1 aromatic heterocycles. The normalized spacial score (nSPS) is 16.2. The zero-order valence-electron chi connectivity index (χ0n) is 10.8. The number of imide groups is 2. The molecule has 0 atom stereocenters. The number of halogens is 1. The molecule has 7 nitrogen and oxygen atoms in total. The number of urea groups is 1. The summed E-state index contributed by atoms with van der Waals surface area (Å²) in [5.74, 6) is -1.21. The number of carbonyl (C=O) groups excluding carboxylic acids is 3. The first-order valence-corrected chi connectivity index (χ1v) is 6.07. The third-order valence-corrected chi connectivity index (χ3v) is 3.28. The minimum atomic E-state index is -0.835. The zero-order chi connectivity index (χ0) is 14.3. The van der Waals surface area contributed by atoms with Gasteiger partial charge in [0.05, 0.1) is 12.7 Å². The maximum Gasteiger partial charge on any atom is 0.334 e. The second kappa shape index (κ2) is 4.65. The summed E-state index contributed by atoms with van der Waals surface area (Å²) < 4.78 is 1.55. The average Bonchev–Trinajstić information content (AvgIpc) is 2.75. The van der Waals surface area contributed by atoms with Crippen LogP contribution in [0.2, 0.25) is 5.15 Å². The minimum absolute atomic E-state index is 0.0736. The predicted molar refractivity (Wildman–Crippen MR) is 66.1 cm³/mol. The van der Waals surface area contributed by atoms with Crippen molar-refractivity contribution in [3.8, 4) is 0 Å². The summed E-state index contributed by atoms with van der Waals surface area (Å²) in [5.41, 5.74) is 0. The zero-order valence-corrected chi connectivity index (χ0v) is 11.5. The fourth-order valence-electron chi connectivity index (χ4n) is 1.83. The van der Waals surface area contributed by atoms with Gasteiger partial charge in [0, 0.05) is 13.1 Å². The first-order chi connectivity index (χ1) is 8.84. The van der Waals surface area contributed by atoms with Gasteiger partial charge in [0.15, 0.2) is 0 Å². The molecule has 2 rings (SSSR count). The lowest BCUT2D eigenvalue weighted by Crippen LogP contribution is -2.38. The number of amides is 4. The van der Waals surface area contributed by atoms with Crippen LogP contribution in [0.1, 0.15) is 19.7 Å². The van der Waals surface area contributed by atoms with Gasteiger partial charge >= 0.3 is 17.8 Å². The molecule has 8 heteroatoms. The first-order valence-electron chi connectivity index (χ1n) is 5.69. The Balaban J connectivity index is 2.26. The first kappa shape index (κ1) is 13.5. The van der Waals surface area contributed by atoms with Crippen LogP contribution in [-0.2, 0) is 23.2 Å². The van der Waals surface area contributed by atoms with Gasteiger partial charge < -0.3 is 4.57 Å². The lowest BCUT2D eigenvalue weighted by atomic mass is 10.3. The van der Waals surface area contributed by atoms with Crippen molar-refractivity contribution in [3.63, 3.8) is 0 Å². The van der Waals surface area contributed by atoms with Gasteiger partial charge in [-0.3, -0.25) is 14.5 Å². The fraction of sp³-hybridized carbons (Fsp3) is 0.455. The lowest BCUT2D eigenvalue weighted by molar-refractivity contribution is -0.144. The van der Waals surface area contributed by atoms with Crippen LogP contribution in [0.25, 0.3) is 0 Å². The van der Waals surface area contributed by atoms with E-state index in [4.69, 9.17) is 11.6 Å². The summed E-state index contributed by atoms with van der Waals surface area (Å²) in [5, 5.41) is 0.390. The largest absolute Gasteiger partial charge is 0.334 e. The van der Waals surface area contributed by atoms with E-state index in [1.54, 1.807) is 25.5 Å². The van der Waals surface area contributed by atoms with Crippen molar-refractivity contribution in [2.75, 3.05) is 0 Å². The second-order valence-electron chi connectivity index (χ2n) is 4.50. The van der Waals surface area contributed by atoms with E-state index in [1.807, 2.05) is 0 Å². The SMILES string of the molecule is CC(C)N1C(=O)C(=O)N(Cc2ncc(Cl)n2C)C1=O. The number of imidazole rings is 1. The molecule has 19 heavy (non-hydrogen) atoms. The van der Waals surface area contributed by atoms with Gasteiger partial charge in [0.25, 0.3) is 0 Å². The van der Waals surface area contributed by atoms with Crippen LogP contribution in [0, 0.1) is 0 Å². The van der Waals surface area contributed by atoms with E-state index in [2.05, 4.69) is 4.98 Å². The Morgan fingerprint density at radius 3 is 2.32 bits per heavy atom. The van der Waals surface area contributed by atoms with Crippen molar-refractivity contribution in [1.82, 2.24) is 19.4 Å². The van der Waals surface area contributed by atoms with Crippen molar-refractivity contribution in [1.29, 1.82) is 0 Å². The Labute approximate surface area is 114 Å². The Kier molecular flexibility index (Phi) is 3.32. The third kappa shape index (κ3) is 2.10. The molecule has 0 radical (unpaired) electrons. The summed E-state index contributed by atoms with van der Waals surface area (Å²) in [4.78, 5) is 41.3. The standard InChI is InChI=1S/C11H13ClN4O3/c1-6(2)16-10(18)9(17)15(11(16)19)5-8-13-4-7(12)14(8)3/h4,6H,5H2,1-3H3. The number of rotatable bonds is 3. The van der Waals surface area contributed by atoms with Crippen LogP contribution >= 0.6 is 11.6 Å². The van der Waals surface area contributed by atoms with E-state index in [9.17, 15) is 14.4 Å². The number of carbonyl (C=O) groups is 3. The Morgan fingerprint density at radius 1 is 1.26 bits per heavy atom. The lowest BCUT2D eigenvalue weighted by Gasteiger charge is -2.18. The molecule has 102 valence electrons. The van der Waals surface area contributed by atoms with E-state index >= 15 is 0 Å². The predicted octanol–water partition coefficient (Wildman–Crippen LogP) is 0.773. The molecule has 1 aliphatic heterocycles. The Morgan fingerprint density at radius 2 is 1.89 bits per heavy atom. The molecule has 0 unspecified atom stereocenters. The molecule has 0 bridgehead atoms. The van der Waals surface area contributed by atoms with Crippen LogP contribution in [0.5, 0.6) is 0 Å². The van der Waals surface area contributed by atoms with Crippen LogP contribution in [0.4, 0.5) is 4.79 Å². The maximum absolute atomic E-state index is 12.0. The topological polar surface area (TPSA) is 75.5 Å². The summed E-state index contributed by atoms with van der Waals surface area (Å²) in [6.45, 7) is 3.27. The fourth-order valence-corrected chi connectivity index (χ4v) is 1.98. The number of hydrogen-bond donors (Lipinski definition) is 0. The minimum Gasteiger partial charge on any atom is -0.321 e. The van der Waals surface area contributed by atoms with Crippen LogP contribution < -0.4 is 0 Å².